The first kappa shape index (κ1) is 15.3. The van der Waals surface area contributed by atoms with E-state index in [-0.39, 0.29) is 0 Å². The highest BCUT2D eigenvalue weighted by molar-refractivity contribution is 5.91. The smallest absolute Gasteiger partial charge is 0.246 e. The van der Waals surface area contributed by atoms with Crippen LogP contribution in [0.15, 0.2) is 5.16 Å². The van der Waals surface area contributed by atoms with Crippen LogP contribution in [0.25, 0.3) is 0 Å². The average Bonchev–Trinajstić information content (AvgIpc) is 2.76. The van der Waals surface area contributed by atoms with Crippen LogP contribution < -0.4 is 0 Å². The van der Waals surface area contributed by atoms with Crippen LogP contribution in [0.5, 0.6) is 0 Å². The molecule has 2 atom stereocenters. The van der Waals surface area contributed by atoms with Crippen molar-refractivity contribution in [2.24, 2.45) is 5.16 Å². The van der Waals surface area contributed by atoms with Gasteiger partial charge < -0.3 is 9.57 Å². The fourth-order valence-electron chi connectivity index (χ4n) is 3.71. The van der Waals surface area contributed by atoms with E-state index in [1.807, 2.05) is 0 Å². The van der Waals surface area contributed by atoms with Gasteiger partial charge in [0.2, 0.25) is 11.6 Å². The molecule has 2 bridgehead atoms. The van der Waals surface area contributed by atoms with Crippen LogP contribution >= 0.6 is 0 Å². The van der Waals surface area contributed by atoms with Gasteiger partial charge in [-0.2, -0.15) is 9.78 Å². The van der Waals surface area contributed by atoms with Gasteiger partial charge in [-0.25, -0.2) is 0 Å². The summed E-state index contributed by atoms with van der Waals surface area (Å²) in [6.07, 6.45) is 13.2. The molecule has 3 fully saturated rings. The van der Waals surface area contributed by atoms with Crippen LogP contribution in [0.4, 0.5) is 0 Å². The van der Waals surface area contributed by atoms with Crippen molar-refractivity contribution in [3.05, 3.63) is 0 Å². The second-order valence-electron chi connectivity index (χ2n) is 6.48. The van der Waals surface area contributed by atoms with E-state index in [1.54, 1.807) is 7.11 Å². The third-order valence-electron chi connectivity index (χ3n) is 4.86. The summed E-state index contributed by atoms with van der Waals surface area (Å²) in [5.41, 5.74) is 0.853. The van der Waals surface area contributed by atoms with Gasteiger partial charge in [-0.3, -0.25) is 0 Å². The van der Waals surface area contributed by atoms with Gasteiger partial charge in [0, 0.05) is 19.3 Å². The molecule has 3 aliphatic rings. The van der Waals surface area contributed by atoms with E-state index in [9.17, 15) is 0 Å². The maximum atomic E-state index is 6.30. The molecule has 0 aromatic heterocycles. The Morgan fingerprint density at radius 1 is 0.857 bits per heavy atom. The first-order valence-electron chi connectivity index (χ1n) is 8.46. The van der Waals surface area contributed by atoms with Crippen LogP contribution in [0.2, 0.25) is 0 Å². The Labute approximate surface area is 126 Å². The summed E-state index contributed by atoms with van der Waals surface area (Å²) in [5, 5.41) is 4.21. The molecular weight excluding hydrogens is 270 g/mol. The summed E-state index contributed by atoms with van der Waals surface area (Å²) in [6, 6.07) is 0. The molecule has 0 aromatic carbocycles. The van der Waals surface area contributed by atoms with Gasteiger partial charge in [0.05, 0.1) is 0 Å². The number of hydrogen-bond donors (Lipinski definition) is 0. The monoisotopic (exact) mass is 297 g/mol. The van der Waals surface area contributed by atoms with Crippen LogP contribution in [-0.4, -0.2) is 24.4 Å². The van der Waals surface area contributed by atoms with Gasteiger partial charge >= 0.3 is 0 Å². The van der Waals surface area contributed by atoms with Crippen molar-refractivity contribution in [3.63, 3.8) is 0 Å². The van der Waals surface area contributed by atoms with Gasteiger partial charge in [-0.1, -0.05) is 37.3 Å². The zero-order valence-corrected chi connectivity index (χ0v) is 13.1. The molecule has 0 unspecified atom stereocenters. The minimum absolute atomic E-state index is 0.555. The first-order chi connectivity index (χ1) is 10.3. The van der Waals surface area contributed by atoms with E-state index in [4.69, 9.17) is 19.3 Å². The molecule has 0 spiro atoms. The molecule has 0 aromatic rings. The fourth-order valence-corrected chi connectivity index (χ4v) is 3.71. The third-order valence-corrected chi connectivity index (χ3v) is 4.86. The van der Waals surface area contributed by atoms with E-state index >= 15 is 0 Å². The Morgan fingerprint density at radius 2 is 1.57 bits per heavy atom. The minimum Gasteiger partial charge on any atom is -0.399 e. The summed E-state index contributed by atoms with van der Waals surface area (Å²) in [6.45, 7) is 0. The summed E-state index contributed by atoms with van der Waals surface area (Å²) >= 11 is 0. The molecule has 0 aliphatic carbocycles. The van der Waals surface area contributed by atoms with Crippen molar-refractivity contribution in [1.29, 1.82) is 0 Å². The maximum Gasteiger partial charge on any atom is 0.246 e. The molecule has 0 N–H and O–H groups in total. The Morgan fingerprint density at radius 3 is 2.38 bits per heavy atom. The van der Waals surface area contributed by atoms with Crippen molar-refractivity contribution in [2.45, 2.75) is 88.6 Å². The van der Waals surface area contributed by atoms with Crippen LogP contribution in [0.3, 0.4) is 0 Å². The largest absolute Gasteiger partial charge is 0.399 e. The highest BCUT2D eigenvalue weighted by Crippen LogP contribution is 2.48. The van der Waals surface area contributed by atoms with E-state index in [2.05, 4.69) is 5.16 Å². The highest BCUT2D eigenvalue weighted by atomic mass is 17.3. The fraction of sp³-hybridized carbons (Fsp3) is 0.938. The molecule has 5 nitrogen and oxygen atoms in total. The lowest BCUT2D eigenvalue weighted by Crippen LogP contribution is -2.46. The van der Waals surface area contributed by atoms with Crippen LogP contribution in [0, 0.1) is 0 Å². The van der Waals surface area contributed by atoms with Crippen molar-refractivity contribution in [3.8, 4) is 0 Å². The highest BCUT2D eigenvalue weighted by Gasteiger charge is 2.58. The summed E-state index contributed by atoms with van der Waals surface area (Å²) in [4.78, 5) is 16.4. The molecule has 5 heteroatoms. The minimum atomic E-state index is -0.803. The molecular formula is C16H27NO4. The normalized spacial score (nSPS) is 40.1. The second kappa shape index (κ2) is 6.63. The number of rotatable bonds is 1. The molecule has 120 valence electrons. The summed E-state index contributed by atoms with van der Waals surface area (Å²) in [7, 11) is 1.58. The Bertz CT molecular complexity index is 386. The topological polar surface area (TPSA) is 49.3 Å². The van der Waals surface area contributed by atoms with Gasteiger partial charge in [-0.15, -0.1) is 0 Å². The van der Waals surface area contributed by atoms with Crippen molar-refractivity contribution < 1.29 is 19.3 Å². The lowest BCUT2D eigenvalue weighted by molar-refractivity contribution is -0.335. The van der Waals surface area contributed by atoms with E-state index < -0.39 is 11.6 Å². The van der Waals surface area contributed by atoms with Gasteiger partial charge in [0.1, 0.15) is 12.8 Å². The van der Waals surface area contributed by atoms with E-state index in [0.717, 1.165) is 50.7 Å². The Kier molecular flexibility index (Phi) is 4.82. The average molecular weight is 297 g/mol. The number of hydrogen-bond acceptors (Lipinski definition) is 5. The molecule has 3 rings (SSSR count). The van der Waals surface area contributed by atoms with Crippen molar-refractivity contribution in [2.75, 3.05) is 7.11 Å². The van der Waals surface area contributed by atoms with E-state index in [1.165, 1.54) is 32.1 Å². The van der Waals surface area contributed by atoms with E-state index in [0.29, 0.717) is 0 Å². The molecule has 21 heavy (non-hydrogen) atoms. The zero-order chi connectivity index (χ0) is 14.6. The zero-order valence-electron chi connectivity index (χ0n) is 13.1. The Balaban J connectivity index is 1.80. The second-order valence-corrected chi connectivity index (χ2v) is 6.48. The van der Waals surface area contributed by atoms with Crippen molar-refractivity contribution >= 4 is 5.71 Å². The lowest BCUT2D eigenvalue weighted by Gasteiger charge is -2.34. The molecule has 3 aliphatic heterocycles. The van der Waals surface area contributed by atoms with Crippen molar-refractivity contribution in [1.82, 2.24) is 0 Å². The van der Waals surface area contributed by atoms with Gasteiger partial charge in [0.25, 0.3) is 0 Å². The van der Waals surface area contributed by atoms with Gasteiger partial charge in [0.15, 0.2) is 0 Å². The lowest BCUT2D eigenvalue weighted by atomic mass is 9.92. The predicted octanol–water partition coefficient (Wildman–Crippen LogP) is 4.07. The molecule has 0 radical (unpaired) electrons. The molecule has 3 heterocycles. The third kappa shape index (κ3) is 3.25. The predicted molar refractivity (Wildman–Crippen MR) is 78.6 cm³/mol. The standard InChI is InChI=1S/C16H27NO4/c1-18-17-14-10-7-5-3-2-4-6-8-11-15-12-9-13-16(14,19-15)21-20-15/h2-13H2,1H3/b17-14-/t15-,16-/m0/s1. The number of oxime groups is 1. The quantitative estimate of drug-likeness (QED) is 0.541. The van der Waals surface area contributed by atoms with Gasteiger partial charge in [-0.05, 0) is 25.7 Å². The number of nitrogens with zero attached hydrogens (tertiary/aromatic N) is 1. The molecule has 0 amide bonds. The molecule has 0 saturated carbocycles. The first-order valence-corrected chi connectivity index (χ1v) is 8.46. The summed E-state index contributed by atoms with van der Waals surface area (Å²) < 4.78 is 6.30. The Hall–Kier alpha value is -0.650. The SMILES string of the molecule is CO/N=C1/CCCCCCCCC[C@@]23CCC[C@@]1(OO2)O3. The summed E-state index contributed by atoms with van der Waals surface area (Å²) in [5.74, 6) is -1.36. The van der Waals surface area contributed by atoms with Crippen LogP contribution in [0.1, 0.15) is 77.0 Å². The van der Waals surface area contributed by atoms with Crippen LogP contribution in [-0.2, 0) is 19.3 Å². The maximum absolute atomic E-state index is 6.30. The number of ether oxygens (including phenoxy) is 1. The molecule has 3 saturated heterocycles.